The van der Waals surface area contributed by atoms with Gasteiger partial charge in [-0.15, -0.1) is 0 Å². The molecule has 74 valence electrons. The molecular formula is C6H16NO4S+. The molecule has 0 aromatic rings. The topological polar surface area (TPSA) is 63.6 Å². The van der Waals surface area contributed by atoms with E-state index in [0.717, 1.165) is 0 Å². The van der Waals surface area contributed by atoms with Crippen LogP contribution in [0, 0.1) is 0 Å². The molecule has 1 N–H and O–H groups in total. The highest BCUT2D eigenvalue weighted by Crippen LogP contribution is 1.99. The van der Waals surface area contributed by atoms with E-state index in [2.05, 4.69) is 0 Å². The molecule has 0 aliphatic carbocycles. The zero-order valence-electron chi connectivity index (χ0n) is 7.65. The second-order valence-corrected chi connectivity index (χ2v) is 4.79. The molecule has 0 radical (unpaired) electrons. The first-order chi connectivity index (χ1) is 5.27. The summed E-state index contributed by atoms with van der Waals surface area (Å²) >= 11 is 0. The molecule has 0 unspecified atom stereocenters. The summed E-state index contributed by atoms with van der Waals surface area (Å²) in [6.45, 7) is 1.03. The van der Waals surface area contributed by atoms with Crippen molar-refractivity contribution in [2.24, 2.45) is 0 Å². The van der Waals surface area contributed by atoms with Gasteiger partial charge in [0.25, 0.3) is 0 Å². The van der Waals surface area contributed by atoms with E-state index in [1.165, 1.54) is 0 Å². The van der Waals surface area contributed by atoms with Gasteiger partial charge >= 0.3 is 10.1 Å². The van der Waals surface area contributed by atoms with E-state index in [1.54, 1.807) is 21.2 Å². The summed E-state index contributed by atoms with van der Waals surface area (Å²) in [5.41, 5.74) is 0. The van der Waals surface area contributed by atoms with Gasteiger partial charge in [0.15, 0.2) is 0 Å². The molecule has 0 aromatic heterocycles. The SMILES string of the molecule is COCC[N+](C)(C)CS(=O)(=O)O. The van der Waals surface area contributed by atoms with Crippen molar-refractivity contribution in [2.45, 2.75) is 0 Å². The second-order valence-electron chi connectivity index (χ2n) is 3.36. The highest BCUT2D eigenvalue weighted by atomic mass is 32.2. The van der Waals surface area contributed by atoms with Gasteiger partial charge in [0.2, 0.25) is 5.88 Å². The lowest BCUT2D eigenvalue weighted by Crippen LogP contribution is -2.45. The molecule has 0 saturated carbocycles. The fourth-order valence-corrected chi connectivity index (χ4v) is 1.86. The molecule has 0 aliphatic rings. The van der Waals surface area contributed by atoms with Crippen molar-refractivity contribution >= 4 is 10.1 Å². The van der Waals surface area contributed by atoms with E-state index in [1.807, 2.05) is 0 Å². The Balaban J connectivity index is 4.04. The lowest BCUT2D eigenvalue weighted by molar-refractivity contribution is -0.879. The lowest BCUT2D eigenvalue weighted by atomic mass is 10.5. The maximum absolute atomic E-state index is 10.5. The highest BCUT2D eigenvalue weighted by molar-refractivity contribution is 7.85. The monoisotopic (exact) mass is 198 g/mol. The normalized spacial score (nSPS) is 13.3. The Morgan fingerprint density at radius 3 is 2.25 bits per heavy atom. The third kappa shape index (κ3) is 6.53. The molecule has 0 atom stereocenters. The van der Waals surface area contributed by atoms with Crippen LogP contribution < -0.4 is 0 Å². The van der Waals surface area contributed by atoms with Crippen LogP contribution in [0.25, 0.3) is 0 Å². The van der Waals surface area contributed by atoms with Gasteiger partial charge in [-0.2, -0.15) is 8.42 Å². The first-order valence-corrected chi connectivity index (χ1v) is 5.14. The minimum Gasteiger partial charge on any atom is -0.379 e. The molecule has 0 bridgehead atoms. The molecule has 0 aliphatic heterocycles. The van der Waals surface area contributed by atoms with Crippen LogP contribution in [0.15, 0.2) is 0 Å². The van der Waals surface area contributed by atoms with Crippen LogP contribution in [0.5, 0.6) is 0 Å². The molecule has 0 spiro atoms. The van der Waals surface area contributed by atoms with Gasteiger partial charge in [-0.05, 0) is 0 Å². The lowest BCUT2D eigenvalue weighted by Gasteiger charge is -2.27. The van der Waals surface area contributed by atoms with Gasteiger partial charge in [0.1, 0.15) is 6.54 Å². The predicted molar refractivity (Wildman–Crippen MR) is 45.3 cm³/mol. The van der Waals surface area contributed by atoms with Crippen LogP contribution in [-0.4, -0.2) is 57.7 Å². The maximum Gasteiger partial charge on any atom is 0.316 e. The number of nitrogens with zero attached hydrogens (tertiary/aromatic N) is 1. The van der Waals surface area contributed by atoms with Crippen LogP contribution in [0.1, 0.15) is 0 Å². The van der Waals surface area contributed by atoms with Crippen molar-refractivity contribution in [3.05, 3.63) is 0 Å². The van der Waals surface area contributed by atoms with Crippen molar-refractivity contribution in [2.75, 3.05) is 40.2 Å². The summed E-state index contributed by atoms with van der Waals surface area (Å²) < 4.78 is 34.6. The average Bonchev–Trinajstić information content (AvgIpc) is 1.78. The number of quaternary nitrogens is 1. The number of rotatable bonds is 5. The summed E-state index contributed by atoms with van der Waals surface area (Å²) in [6.07, 6.45) is 0. The molecule has 0 aromatic carbocycles. The largest absolute Gasteiger partial charge is 0.379 e. The Bertz CT molecular complexity index is 222. The van der Waals surface area contributed by atoms with Gasteiger partial charge in [0, 0.05) is 7.11 Å². The summed E-state index contributed by atoms with van der Waals surface area (Å²) in [6, 6.07) is 0. The number of hydrogen-bond acceptors (Lipinski definition) is 3. The smallest absolute Gasteiger partial charge is 0.316 e. The van der Waals surface area contributed by atoms with Gasteiger partial charge in [-0.3, -0.25) is 4.55 Å². The van der Waals surface area contributed by atoms with Gasteiger partial charge in [0.05, 0.1) is 20.7 Å². The fraction of sp³-hybridized carbons (Fsp3) is 1.00. The van der Waals surface area contributed by atoms with Crippen LogP contribution >= 0.6 is 0 Å². The van der Waals surface area contributed by atoms with Crippen molar-refractivity contribution in [1.29, 1.82) is 0 Å². The minimum absolute atomic E-state index is 0.201. The number of methoxy groups -OCH3 is 1. The quantitative estimate of drug-likeness (QED) is 0.480. The summed E-state index contributed by atoms with van der Waals surface area (Å²) in [5, 5.41) is 0. The zero-order valence-corrected chi connectivity index (χ0v) is 8.47. The number of hydrogen-bond donors (Lipinski definition) is 1. The molecule has 12 heavy (non-hydrogen) atoms. The average molecular weight is 198 g/mol. The zero-order chi connectivity index (χ0) is 9.83. The Labute approximate surface area is 73.3 Å². The molecular weight excluding hydrogens is 182 g/mol. The van der Waals surface area contributed by atoms with E-state index >= 15 is 0 Å². The van der Waals surface area contributed by atoms with Crippen molar-refractivity contribution in [3.8, 4) is 0 Å². The predicted octanol–water partition coefficient (Wildman–Crippen LogP) is -0.445. The van der Waals surface area contributed by atoms with Crippen LogP contribution in [-0.2, 0) is 14.9 Å². The molecule has 6 heteroatoms. The summed E-state index contributed by atoms with van der Waals surface area (Å²) in [7, 11) is 1.08. The van der Waals surface area contributed by atoms with Crippen molar-refractivity contribution in [1.82, 2.24) is 0 Å². The standard InChI is InChI=1S/C6H15NO4S/c1-7(2,4-5-11-3)6-12(8,9)10/h4-6H2,1-3H3/p+1. The molecule has 0 fully saturated rings. The summed E-state index contributed by atoms with van der Waals surface area (Å²) in [5.74, 6) is -0.281. The number of ether oxygens (including phenoxy) is 1. The first-order valence-electron chi connectivity index (χ1n) is 3.53. The molecule has 0 rings (SSSR count). The van der Waals surface area contributed by atoms with Crippen LogP contribution in [0.2, 0.25) is 0 Å². The second kappa shape index (κ2) is 4.18. The Kier molecular flexibility index (Phi) is 4.12. The molecule has 5 nitrogen and oxygen atoms in total. The first kappa shape index (κ1) is 11.8. The van der Waals surface area contributed by atoms with E-state index in [0.29, 0.717) is 13.2 Å². The van der Waals surface area contributed by atoms with Gasteiger partial charge < -0.3 is 9.22 Å². The van der Waals surface area contributed by atoms with Gasteiger partial charge in [-0.25, -0.2) is 0 Å². The number of likely N-dealkylation sites (N-methyl/N-ethyl adjacent to an activating group) is 1. The Morgan fingerprint density at radius 1 is 1.42 bits per heavy atom. The maximum atomic E-state index is 10.5. The fourth-order valence-electron chi connectivity index (χ4n) is 0.845. The van der Waals surface area contributed by atoms with E-state index in [4.69, 9.17) is 9.29 Å². The summed E-state index contributed by atoms with van der Waals surface area (Å²) in [4.78, 5) is 0. The third-order valence-corrected chi connectivity index (χ3v) is 2.44. The van der Waals surface area contributed by atoms with Crippen molar-refractivity contribution in [3.63, 3.8) is 0 Å². The van der Waals surface area contributed by atoms with E-state index < -0.39 is 10.1 Å². The molecule has 0 saturated heterocycles. The minimum atomic E-state index is -3.90. The van der Waals surface area contributed by atoms with E-state index in [9.17, 15) is 8.42 Å². The van der Waals surface area contributed by atoms with Crippen LogP contribution in [0.4, 0.5) is 0 Å². The van der Waals surface area contributed by atoms with E-state index in [-0.39, 0.29) is 10.4 Å². The van der Waals surface area contributed by atoms with Crippen LogP contribution in [0.3, 0.4) is 0 Å². The highest BCUT2D eigenvalue weighted by Gasteiger charge is 2.22. The molecule has 0 heterocycles. The Hall–Kier alpha value is -0.170. The molecule has 0 amide bonds. The van der Waals surface area contributed by atoms with Crippen molar-refractivity contribution < 1.29 is 22.2 Å². The third-order valence-electron chi connectivity index (χ3n) is 1.41. The van der Waals surface area contributed by atoms with Gasteiger partial charge in [-0.1, -0.05) is 0 Å². The Morgan fingerprint density at radius 2 is 1.92 bits per heavy atom.